The summed E-state index contributed by atoms with van der Waals surface area (Å²) in [6.45, 7) is 37.9. The maximum Gasteiger partial charge on any atom is 0.297 e. The molecule has 2 aliphatic heterocycles. The molecule has 71 heavy (non-hydrogen) atoms. The van der Waals surface area contributed by atoms with E-state index in [0.29, 0.717) is 0 Å². The minimum Gasteiger partial charge on any atom is -0.472 e. The highest BCUT2D eigenvalue weighted by molar-refractivity contribution is 6.99. The molecule has 0 unspecified atom stereocenters. The number of furan rings is 1. The molecule has 0 saturated carbocycles. The van der Waals surface area contributed by atoms with Gasteiger partial charge in [-0.05, 0) is 166 Å². The minimum absolute atomic E-state index is 0.0151. The fraction of sp³-hybridized carbons (Fsp3) is 0.394. The van der Waals surface area contributed by atoms with E-state index in [0.717, 1.165) is 42.1 Å². The Morgan fingerprint density at radius 3 is 1.62 bits per heavy atom. The predicted octanol–water partition coefficient (Wildman–Crippen LogP) is 16.7. The molecule has 7 aromatic rings. The Balaban J connectivity index is 1.32. The van der Waals surface area contributed by atoms with E-state index in [-0.39, 0.29) is 39.2 Å². The van der Waals surface area contributed by atoms with Gasteiger partial charge in [-0.25, -0.2) is 0 Å². The molecule has 1 aromatic heterocycles. The van der Waals surface area contributed by atoms with Gasteiger partial charge >= 0.3 is 0 Å². The van der Waals surface area contributed by atoms with Crippen LogP contribution in [0.15, 0.2) is 126 Å². The van der Waals surface area contributed by atoms with Crippen LogP contribution in [0.1, 0.15) is 167 Å². The number of rotatable bonds is 5. The largest absolute Gasteiger partial charge is 0.472 e. The van der Waals surface area contributed by atoms with Crippen molar-refractivity contribution in [3.05, 3.63) is 166 Å². The van der Waals surface area contributed by atoms with Gasteiger partial charge < -0.3 is 19.1 Å². The van der Waals surface area contributed by atoms with E-state index < -0.39 is 0 Å². The average molecular weight is 938 g/mol. The molecule has 5 heteroatoms. The number of hydrogen-bond acceptors (Lipinski definition) is 4. The van der Waals surface area contributed by atoms with Crippen molar-refractivity contribution in [2.24, 2.45) is 0 Å². The Morgan fingerprint density at radius 2 is 1.03 bits per heavy atom. The Hall–Kier alpha value is -5.94. The fourth-order valence-electron chi connectivity index (χ4n) is 12.8. The van der Waals surface area contributed by atoms with Crippen LogP contribution in [-0.4, -0.2) is 6.71 Å². The van der Waals surface area contributed by atoms with Crippen molar-refractivity contribution in [3.63, 3.8) is 0 Å². The van der Waals surface area contributed by atoms with Gasteiger partial charge in [-0.15, -0.1) is 0 Å². The smallest absolute Gasteiger partial charge is 0.297 e. The average Bonchev–Trinajstić information content (AvgIpc) is 3.73. The van der Waals surface area contributed by atoms with Crippen LogP contribution in [0.4, 0.5) is 51.2 Å². The fourth-order valence-corrected chi connectivity index (χ4v) is 12.8. The lowest BCUT2D eigenvalue weighted by atomic mass is 9.35. The topological polar surface area (TPSA) is 22.9 Å². The molecule has 0 radical (unpaired) electrons. The van der Waals surface area contributed by atoms with E-state index in [1.807, 2.05) is 0 Å². The number of fused-ring (bicyclic) bond motifs is 7. The SMILES string of the molecule is Cc1ccccc1N(c1cc2c3c(c1)N(c1ccc4c(c1)C(C)(C)CCC4(C)C)c1c(oc4c1C(C)(C)CCC4(C)C)B3c1cc(C(C)(C)C)ccc1N2c1ccc(C(C)(C)C)cc1)c1ccccc1C. The number of hydrogen-bond donors (Lipinski definition) is 0. The maximum atomic E-state index is 7.82. The highest BCUT2D eigenvalue weighted by atomic mass is 16.3. The Kier molecular flexibility index (Phi) is 10.5. The molecule has 0 saturated heterocycles. The van der Waals surface area contributed by atoms with Gasteiger partial charge in [0.25, 0.3) is 6.71 Å². The lowest BCUT2D eigenvalue weighted by Gasteiger charge is -2.46. The lowest BCUT2D eigenvalue weighted by Crippen LogP contribution is -2.61. The van der Waals surface area contributed by atoms with E-state index in [1.165, 1.54) is 96.1 Å². The summed E-state index contributed by atoms with van der Waals surface area (Å²) in [6, 6.07) is 47.1. The molecule has 11 rings (SSSR count). The van der Waals surface area contributed by atoms with Crippen molar-refractivity contribution in [3.8, 4) is 0 Å². The minimum atomic E-state index is -0.154. The summed E-state index contributed by atoms with van der Waals surface area (Å²) < 4.78 is 7.82. The zero-order valence-electron chi connectivity index (χ0n) is 45.7. The standard InChI is InChI=1S/C66H76BN3O/c1-41-21-17-19-23-51(41)69(52-24-20-18-22-42(52)2)47-39-54-57-55(40-47)70(46-30-31-48-49(38-46)64(11,12)34-33-63(48,9)10)58-56-59(66(15,16)36-35-65(56,13)14)71-60(58)67(57)50-37-44(62(6,7)8)27-32-53(50)68(54)45-28-25-43(26-29-45)61(3,4)5/h17-32,37-40H,33-36H2,1-16H3. The molecule has 0 amide bonds. The molecule has 0 spiro atoms. The number of anilines is 9. The molecule has 0 bridgehead atoms. The summed E-state index contributed by atoms with van der Waals surface area (Å²) >= 11 is 0. The molecule has 0 N–H and O–H groups in total. The quantitative estimate of drug-likeness (QED) is 0.160. The summed E-state index contributed by atoms with van der Waals surface area (Å²) in [5, 5.41) is 0. The van der Waals surface area contributed by atoms with Gasteiger partial charge in [0.15, 0.2) is 0 Å². The summed E-state index contributed by atoms with van der Waals surface area (Å²) in [7, 11) is 0. The zero-order chi connectivity index (χ0) is 50.5. The maximum absolute atomic E-state index is 7.82. The Labute approximate surface area is 426 Å². The highest BCUT2D eigenvalue weighted by Crippen LogP contribution is 2.57. The highest BCUT2D eigenvalue weighted by Gasteiger charge is 2.53. The second-order valence-electron chi connectivity index (χ2n) is 26.5. The van der Waals surface area contributed by atoms with E-state index in [4.69, 9.17) is 4.42 Å². The summed E-state index contributed by atoms with van der Waals surface area (Å²) in [4.78, 5) is 7.80. The summed E-state index contributed by atoms with van der Waals surface area (Å²) in [5.74, 6) is 1.15. The molecule has 4 aliphatic rings. The third kappa shape index (κ3) is 7.44. The molecule has 0 atom stereocenters. The zero-order valence-corrected chi connectivity index (χ0v) is 45.7. The first-order chi connectivity index (χ1) is 33.3. The van der Waals surface area contributed by atoms with Crippen LogP contribution in [0.25, 0.3) is 0 Å². The molecular weight excluding hydrogens is 862 g/mol. The van der Waals surface area contributed by atoms with Crippen molar-refractivity contribution in [1.82, 2.24) is 0 Å². The molecule has 0 fully saturated rings. The van der Waals surface area contributed by atoms with Gasteiger partial charge in [-0.3, -0.25) is 0 Å². The van der Waals surface area contributed by atoms with Gasteiger partial charge in [0.2, 0.25) is 0 Å². The summed E-state index contributed by atoms with van der Waals surface area (Å²) in [5.41, 5.74) is 23.4. The molecule has 3 heterocycles. The van der Waals surface area contributed by atoms with E-state index in [2.05, 4.69) is 247 Å². The third-order valence-corrected chi connectivity index (χ3v) is 17.5. The first-order valence-electron chi connectivity index (χ1n) is 26.6. The molecule has 4 nitrogen and oxygen atoms in total. The van der Waals surface area contributed by atoms with Crippen molar-refractivity contribution < 1.29 is 4.42 Å². The number of aryl methyl sites for hydroxylation is 2. The van der Waals surface area contributed by atoms with Gasteiger partial charge in [-0.2, -0.15) is 0 Å². The lowest BCUT2D eigenvalue weighted by molar-refractivity contribution is 0.282. The second-order valence-corrected chi connectivity index (χ2v) is 26.5. The van der Waals surface area contributed by atoms with E-state index in [1.54, 1.807) is 0 Å². The van der Waals surface area contributed by atoms with Crippen LogP contribution in [0.2, 0.25) is 0 Å². The number of para-hydroxylation sites is 2. The molecular formula is C66H76BN3O. The number of benzene rings is 6. The van der Waals surface area contributed by atoms with E-state index >= 15 is 0 Å². The van der Waals surface area contributed by atoms with Crippen LogP contribution in [0.5, 0.6) is 0 Å². The van der Waals surface area contributed by atoms with Gasteiger partial charge in [0.05, 0.1) is 17.0 Å². The van der Waals surface area contributed by atoms with Crippen molar-refractivity contribution in [2.75, 3.05) is 14.7 Å². The van der Waals surface area contributed by atoms with Crippen LogP contribution >= 0.6 is 0 Å². The van der Waals surface area contributed by atoms with Crippen LogP contribution in [-0.2, 0) is 32.5 Å². The summed E-state index contributed by atoms with van der Waals surface area (Å²) in [6.07, 6.45) is 4.47. The van der Waals surface area contributed by atoms with Crippen molar-refractivity contribution in [1.29, 1.82) is 0 Å². The van der Waals surface area contributed by atoms with Gasteiger partial charge in [0, 0.05) is 50.8 Å². The molecule has 6 aromatic carbocycles. The Morgan fingerprint density at radius 1 is 0.507 bits per heavy atom. The van der Waals surface area contributed by atoms with Gasteiger partial charge in [-0.1, -0.05) is 164 Å². The molecule has 364 valence electrons. The Bertz CT molecular complexity index is 3230. The predicted molar refractivity (Wildman–Crippen MR) is 305 cm³/mol. The van der Waals surface area contributed by atoms with Gasteiger partial charge in [0.1, 0.15) is 5.76 Å². The molecule has 2 aliphatic carbocycles. The second kappa shape index (κ2) is 15.8. The first-order valence-corrected chi connectivity index (χ1v) is 26.6. The van der Waals surface area contributed by atoms with E-state index in [9.17, 15) is 0 Å². The van der Waals surface area contributed by atoms with Crippen LogP contribution < -0.4 is 31.3 Å². The normalized spacial score (nSPS) is 18.0. The van der Waals surface area contributed by atoms with Crippen LogP contribution in [0.3, 0.4) is 0 Å². The third-order valence-electron chi connectivity index (χ3n) is 17.5. The monoisotopic (exact) mass is 938 g/mol. The van der Waals surface area contributed by atoms with Crippen molar-refractivity contribution >= 4 is 74.5 Å². The van der Waals surface area contributed by atoms with Crippen LogP contribution in [0, 0.1) is 13.8 Å². The van der Waals surface area contributed by atoms with Crippen molar-refractivity contribution in [2.45, 2.75) is 169 Å². The number of nitrogens with zero attached hydrogens (tertiary/aromatic N) is 3. The first kappa shape index (κ1) is 47.4.